The number of aliphatic hydroxyl groups excluding tert-OH is 1. The van der Waals surface area contributed by atoms with Crippen molar-refractivity contribution in [3.63, 3.8) is 0 Å². The molecule has 0 spiro atoms. The van der Waals surface area contributed by atoms with E-state index >= 15 is 0 Å². The average Bonchev–Trinajstić information content (AvgIpc) is 2.60. The molecule has 15 heavy (non-hydrogen) atoms. The molecule has 0 aromatic carbocycles. The first kappa shape index (κ1) is 11.7. The van der Waals surface area contributed by atoms with Crippen LogP contribution in [-0.4, -0.2) is 39.5 Å². The molecule has 6 nitrogen and oxygen atoms in total. The molecule has 1 rings (SSSR count). The van der Waals surface area contributed by atoms with Gasteiger partial charge in [0.15, 0.2) is 0 Å². The van der Waals surface area contributed by atoms with Crippen LogP contribution in [0.15, 0.2) is 12.3 Å². The number of aromatic nitrogens is 2. The Labute approximate surface area is 88.1 Å². The van der Waals surface area contributed by atoms with E-state index in [0.717, 1.165) is 0 Å². The first-order valence-electron chi connectivity index (χ1n) is 4.72. The summed E-state index contributed by atoms with van der Waals surface area (Å²) in [5.41, 5.74) is 6.03. The molecule has 0 saturated carbocycles. The third-order valence-corrected chi connectivity index (χ3v) is 2.17. The van der Waals surface area contributed by atoms with Crippen molar-refractivity contribution in [1.29, 1.82) is 0 Å². The molecule has 1 aromatic rings. The lowest BCUT2D eigenvalue weighted by Gasteiger charge is -2.15. The Morgan fingerprint density at radius 3 is 2.93 bits per heavy atom. The summed E-state index contributed by atoms with van der Waals surface area (Å²) in [4.78, 5) is 11.5. The van der Waals surface area contributed by atoms with Crippen molar-refractivity contribution in [2.45, 2.75) is 19.1 Å². The SMILES string of the molecule is CC(O)C(N)CNC(=O)c1ccnn1C. The Balaban J connectivity index is 2.47. The van der Waals surface area contributed by atoms with Gasteiger partial charge in [0, 0.05) is 25.8 Å². The van der Waals surface area contributed by atoms with Crippen molar-refractivity contribution in [2.75, 3.05) is 6.54 Å². The number of aryl methyl sites for hydroxylation is 1. The van der Waals surface area contributed by atoms with Crippen molar-refractivity contribution in [1.82, 2.24) is 15.1 Å². The molecule has 84 valence electrons. The highest BCUT2D eigenvalue weighted by Gasteiger charge is 2.13. The molecule has 0 aliphatic rings. The van der Waals surface area contributed by atoms with E-state index in [9.17, 15) is 4.79 Å². The van der Waals surface area contributed by atoms with Crippen LogP contribution in [0.2, 0.25) is 0 Å². The summed E-state index contributed by atoms with van der Waals surface area (Å²) >= 11 is 0. The van der Waals surface area contributed by atoms with Gasteiger partial charge in [-0.3, -0.25) is 9.48 Å². The lowest BCUT2D eigenvalue weighted by atomic mass is 10.2. The third-order valence-electron chi connectivity index (χ3n) is 2.17. The second-order valence-corrected chi connectivity index (χ2v) is 3.45. The zero-order chi connectivity index (χ0) is 11.4. The fourth-order valence-corrected chi connectivity index (χ4v) is 1.07. The highest BCUT2D eigenvalue weighted by molar-refractivity contribution is 5.92. The van der Waals surface area contributed by atoms with E-state index in [-0.39, 0.29) is 12.5 Å². The Bertz CT molecular complexity index is 335. The number of carbonyl (C=O) groups excluding carboxylic acids is 1. The zero-order valence-electron chi connectivity index (χ0n) is 8.84. The van der Waals surface area contributed by atoms with Gasteiger partial charge in [0.2, 0.25) is 0 Å². The van der Waals surface area contributed by atoms with Gasteiger partial charge in [0.05, 0.1) is 6.10 Å². The van der Waals surface area contributed by atoms with E-state index < -0.39 is 12.1 Å². The maximum absolute atomic E-state index is 11.5. The molecule has 0 radical (unpaired) electrons. The van der Waals surface area contributed by atoms with Crippen LogP contribution in [0.5, 0.6) is 0 Å². The number of rotatable bonds is 4. The standard InChI is InChI=1S/C9H16N4O2/c1-6(14)7(10)5-11-9(15)8-3-4-12-13(8)2/h3-4,6-7,14H,5,10H2,1-2H3,(H,11,15). The van der Waals surface area contributed by atoms with Gasteiger partial charge < -0.3 is 16.2 Å². The molecular formula is C9H16N4O2. The molecular weight excluding hydrogens is 196 g/mol. The lowest BCUT2D eigenvalue weighted by Crippen LogP contribution is -2.43. The number of aliphatic hydroxyl groups is 1. The molecule has 0 fully saturated rings. The molecule has 2 unspecified atom stereocenters. The van der Waals surface area contributed by atoms with Gasteiger partial charge in [-0.2, -0.15) is 5.10 Å². The normalized spacial score (nSPS) is 14.7. The monoisotopic (exact) mass is 212 g/mol. The molecule has 0 aliphatic heterocycles. The van der Waals surface area contributed by atoms with Crippen LogP contribution in [0.4, 0.5) is 0 Å². The minimum Gasteiger partial charge on any atom is -0.392 e. The van der Waals surface area contributed by atoms with Crippen molar-refractivity contribution >= 4 is 5.91 Å². The molecule has 0 aliphatic carbocycles. The van der Waals surface area contributed by atoms with Crippen molar-refractivity contribution in [3.05, 3.63) is 18.0 Å². The van der Waals surface area contributed by atoms with E-state index in [0.29, 0.717) is 5.69 Å². The quantitative estimate of drug-likeness (QED) is 0.588. The van der Waals surface area contributed by atoms with Gasteiger partial charge in [0.1, 0.15) is 5.69 Å². The maximum atomic E-state index is 11.5. The molecule has 6 heteroatoms. The first-order valence-corrected chi connectivity index (χ1v) is 4.72. The summed E-state index contributed by atoms with van der Waals surface area (Å²) in [6.45, 7) is 1.82. The second-order valence-electron chi connectivity index (χ2n) is 3.45. The van der Waals surface area contributed by atoms with Crippen molar-refractivity contribution in [2.24, 2.45) is 12.8 Å². The van der Waals surface area contributed by atoms with Crippen LogP contribution >= 0.6 is 0 Å². The number of amides is 1. The number of nitrogens with two attached hydrogens (primary N) is 1. The fourth-order valence-electron chi connectivity index (χ4n) is 1.07. The number of hydrogen-bond acceptors (Lipinski definition) is 4. The van der Waals surface area contributed by atoms with Gasteiger partial charge in [-0.1, -0.05) is 0 Å². The first-order chi connectivity index (χ1) is 7.02. The van der Waals surface area contributed by atoms with Gasteiger partial charge in [-0.05, 0) is 13.0 Å². The summed E-state index contributed by atoms with van der Waals surface area (Å²) < 4.78 is 1.48. The van der Waals surface area contributed by atoms with E-state index in [1.165, 1.54) is 4.68 Å². The van der Waals surface area contributed by atoms with E-state index in [2.05, 4.69) is 10.4 Å². The highest BCUT2D eigenvalue weighted by atomic mass is 16.3. The van der Waals surface area contributed by atoms with Crippen LogP contribution in [0, 0.1) is 0 Å². The Hall–Kier alpha value is -1.40. The number of hydrogen-bond donors (Lipinski definition) is 3. The third kappa shape index (κ3) is 3.03. The van der Waals surface area contributed by atoms with Gasteiger partial charge in [-0.25, -0.2) is 0 Å². The van der Waals surface area contributed by atoms with Crippen LogP contribution in [0.1, 0.15) is 17.4 Å². The van der Waals surface area contributed by atoms with Gasteiger partial charge >= 0.3 is 0 Å². The summed E-state index contributed by atoms with van der Waals surface area (Å²) in [6, 6.07) is 1.16. The zero-order valence-corrected chi connectivity index (χ0v) is 8.84. The molecule has 1 heterocycles. The number of nitrogens with one attached hydrogen (secondary N) is 1. The largest absolute Gasteiger partial charge is 0.392 e. The maximum Gasteiger partial charge on any atom is 0.269 e. The predicted molar refractivity (Wildman–Crippen MR) is 55.2 cm³/mol. The summed E-state index contributed by atoms with van der Waals surface area (Å²) in [5, 5.41) is 15.6. The average molecular weight is 212 g/mol. The Morgan fingerprint density at radius 1 is 1.80 bits per heavy atom. The number of carbonyl (C=O) groups is 1. The van der Waals surface area contributed by atoms with Crippen molar-refractivity contribution < 1.29 is 9.90 Å². The smallest absolute Gasteiger partial charge is 0.269 e. The van der Waals surface area contributed by atoms with Crippen LogP contribution in [-0.2, 0) is 7.05 Å². The van der Waals surface area contributed by atoms with Crippen LogP contribution in [0.25, 0.3) is 0 Å². The molecule has 2 atom stereocenters. The van der Waals surface area contributed by atoms with E-state index in [1.807, 2.05) is 0 Å². The van der Waals surface area contributed by atoms with E-state index in [4.69, 9.17) is 10.8 Å². The van der Waals surface area contributed by atoms with Crippen LogP contribution in [0.3, 0.4) is 0 Å². The lowest BCUT2D eigenvalue weighted by molar-refractivity contribution is 0.0928. The minimum atomic E-state index is -0.642. The van der Waals surface area contributed by atoms with Crippen molar-refractivity contribution in [3.8, 4) is 0 Å². The molecule has 0 saturated heterocycles. The van der Waals surface area contributed by atoms with Gasteiger partial charge in [0.25, 0.3) is 5.91 Å². The Kier molecular flexibility index (Phi) is 3.81. The Morgan fingerprint density at radius 2 is 2.47 bits per heavy atom. The number of nitrogens with zero attached hydrogens (tertiary/aromatic N) is 2. The summed E-state index contributed by atoms with van der Waals surface area (Å²) in [5.74, 6) is -0.244. The topological polar surface area (TPSA) is 93.2 Å². The molecule has 1 aromatic heterocycles. The second kappa shape index (κ2) is 4.90. The minimum absolute atomic E-state index is 0.238. The fraction of sp³-hybridized carbons (Fsp3) is 0.556. The summed E-state index contributed by atoms with van der Waals surface area (Å²) in [7, 11) is 1.68. The predicted octanol–water partition coefficient (Wildman–Crippen LogP) is -1.14. The van der Waals surface area contributed by atoms with E-state index in [1.54, 1.807) is 26.2 Å². The van der Waals surface area contributed by atoms with Crippen LogP contribution < -0.4 is 11.1 Å². The van der Waals surface area contributed by atoms with Gasteiger partial charge in [-0.15, -0.1) is 0 Å². The summed E-state index contributed by atoms with van der Waals surface area (Å²) in [6.07, 6.45) is 0.903. The highest BCUT2D eigenvalue weighted by Crippen LogP contribution is 1.96. The molecule has 0 bridgehead atoms. The molecule has 1 amide bonds. The molecule has 4 N–H and O–H groups in total.